The smallest absolute Gasteiger partial charge is 0.0313 e. The average molecular weight is 246 g/mol. The molecule has 0 spiro atoms. The maximum atomic E-state index is 4.24. The molecule has 1 saturated carbocycles. The van der Waals surface area contributed by atoms with Crippen molar-refractivity contribution >= 4 is 0 Å². The standard InChI is InChI=1S/C16H26N2/c1-3-4-14-5-7-16(8-6-14)18-12-15-9-13(2)10-17-11-15/h9-11,14,16,18H,3-8,12H2,1-2H3. The molecule has 0 aromatic carbocycles. The average Bonchev–Trinajstić information content (AvgIpc) is 2.38. The first kappa shape index (κ1) is 13.5. The molecule has 0 saturated heterocycles. The van der Waals surface area contributed by atoms with E-state index in [0.29, 0.717) is 0 Å². The van der Waals surface area contributed by atoms with E-state index in [1.165, 1.54) is 49.7 Å². The van der Waals surface area contributed by atoms with Crippen molar-refractivity contribution in [1.29, 1.82) is 0 Å². The lowest BCUT2D eigenvalue weighted by Crippen LogP contribution is -2.32. The quantitative estimate of drug-likeness (QED) is 0.854. The molecule has 2 nitrogen and oxygen atoms in total. The van der Waals surface area contributed by atoms with E-state index in [-0.39, 0.29) is 0 Å². The van der Waals surface area contributed by atoms with Crippen molar-refractivity contribution in [3.8, 4) is 0 Å². The normalized spacial score (nSPS) is 24.1. The molecule has 0 amide bonds. The van der Waals surface area contributed by atoms with Gasteiger partial charge in [-0.15, -0.1) is 0 Å². The van der Waals surface area contributed by atoms with E-state index in [2.05, 4.69) is 30.2 Å². The molecule has 1 aliphatic carbocycles. The van der Waals surface area contributed by atoms with Gasteiger partial charge in [-0.1, -0.05) is 25.8 Å². The van der Waals surface area contributed by atoms with Crippen molar-refractivity contribution in [2.75, 3.05) is 0 Å². The van der Waals surface area contributed by atoms with E-state index in [0.717, 1.165) is 18.5 Å². The lowest BCUT2D eigenvalue weighted by atomic mass is 9.83. The molecule has 0 bridgehead atoms. The van der Waals surface area contributed by atoms with Gasteiger partial charge in [0, 0.05) is 25.0 Å². The first-order valence-electron chi connectivity index (χ1n) is 7.42. The van der Waals surface area contributed by atoms with E-state index >= 15 is 0 Å². The van der Waals surface area contributed by atoms with Crippen molar-refractivity contribution in [3.63, 3.8) is 0 Å². The molecule has 100 valence electrons. The zero-order chi connectivity index (χ0) is 12.8. The molecule has 2 rings (SSSR count). The van der Waals surface area contributed by atoms with Crippen LogP contribution < -0.4 is 5.32 Å². The highest BCUT2D eigenvalue weighted by molar-refractivity contribution is 5.16. The number of rotatable bonds is 5. The minimum atomic E-state index is 0.721. The van der Waals surface area contributed by atoms with Gasteiger partial charge in [-0.3, -0.25) is 4.98 Å². The highest BCUT2D eigenvalue weighted by atomic mass is 14.9. The summed E-state index contributed by atoms with van der Waals surface area (Å²) in [7, 11) is 0. The molecule has 0 atom stereocenters. The lowest BCUT2D eigenvalue weighted by Gasteiger charge is -2.29. The van der Waals surface area contributed by atoms with Crippen LogP contribution >= 0.6 is 0 Å². The molecule has 0 radical (unpaired) electrons. The summed E-state index contributed by atoms with van der Waals surface area (Å²) in [5.74, 6) is 0.994. The van der Waals surface area contributed by atoms with Gasteiger partial charge in [0.1, 0.15) is 0 Å². The van der Waals surface area contributed by atoms with Crippen molar-refractivity contribution in [2.45, 2.75) is 65.0 Å². The summed E-state index contributed by atoms with van der Waals surface area (Å²) in [6.45, 7) is 5.37. The van der Waals surface area contributed by atoms with Gasteiger partial charge in [0.15, 0.2) is 0 Å². The number of nitrogens with one attached hydrogen (secondary N) is 1. The van der Waals surface area contributed by atoms with E-state index in [9.17, 15) is 0 Å². The maximum absolute atomic E-state index is 4.24. The number of hydrogen-bond acceptors (Lipinski definition) is 2. The Morgan fingerprint density at radius 1 is 1.22 bits per heavy atom. The van der Waals surface area contributed by atoms with Crippen molar-refractivity contribution in [3.05, 3.63) is 29.6 Å². The molecule has 18 heavy (non-hydrogen) atoms. The molecular weight excluding hydrogens is 220 g/mol. The molecule has 1 aromatic rings. The summed E-state index contributed by atoms with van der Waals surface area (Å²) < 4.78 is 0. The van der Waals surface area contributed by atoms with E-state index in [1.807, 2.05) is 12.4 Å². The van der Waals surface area contributed by atoms with E-state index < -0.39 is 0 Å². The van der Waals surface area contributed by atoms with Gasteiger partial charge in [-0.2, -0.15) is 0 Å². The first-order valence-corrected chi connectivity index (χ1v) is 7.42. The van der Waals surface area contributed by atoms with Gasteiger partial charge >= 0.3 is 0 Å². The number of aryl methyl sites for hydroxylation is 1. The molecule has 1 aliphatic rings. The molecule has 1 heterocycles. The monoisotopic (exact) mass is 246 g/mol. The summed E-state index contributed by atoms with van der Waals surface area (Å²) in [6, 6.07) is 2.95. The molecule has 0 unspecified atom stereocenters. The second-order valence-corrected chi connectivity index (χ2v) is 5.76. The Kier molecular flexibility index (Phi) is 5.18. The summed E-state index contributed by atoms with van der Waals surface area (Å²) >= 11 is 0. The Hall–Kier alpha value is -0.890. The van der Waals surface area contributed by atoms with Crippen LogP contribution in [0.25, 0.3) is 0 Å². The van der Waals surface area contributed by atoms with Crippen LogP contribution in [0.4, 0.5) is 0 Å². The molecule has 1 N–H and O–H groups in total. The lowest BCUT2D eigenvalue weighted by molar-refractivity contribution is 0.277. The third-order valence-corrected chi connectivity index (χ3v) is 4.07. The topological polar surface area (TPSA) is 24.9 Å². The van der Waals surface area contributed by atoms with E-state index in [1.54, 1.807) is 0 Å². The summed E-state index contributed by atoms with van der Waals surface area (Å²) in [4.78, 5) is 4.24. The number of aromatic nitrogens is 1. The zero-order valence-electron chi connectivity index (χ0n) is 11.8. The van der Waals surface area contributed by atoms with Crippen LogP contribution in [-0.4, -0.2) is 11.0 Å². The molecular formula is C16H26N2. The van der Waals surface area contributed by atoms with Crippen molar-refractivity contribution in [1.82, 2.24) is 10.3 Å². The first-order chi connectivity index (χ1) is 8.78. The Labute approximate surface area is 111 Å². The number of nitrogens with zero attached hydrogens (tertiary/aromatic N) is 1. The van der Waals surface area contributed by atoms with Crippen LogP contribution in [0.1, 0.15) is 56.6 Å². The van der Waals surface area contributed by atoms with Gasteiger partial charge < -0.3 is 5.32 Å². The Bertz CT molecular complexity index is 354. The number of pyridine rings is 1. The van der Waals surface area contributed by atoms with Crippen LogP contribution in [0.2, 0.25) is 0 Å². The van der Waals surface area contributed by atoms with Crippen LogP contribution in [0.5, 0.6) is 0 Å². The van der Waals surface area contributed by atoms with Gasteiger partial charge in [0.25, 0.3) is 0 Å². The van der Waals surface area contributed by atoms with Crippen LogP contribution in [0, 0.1) is 12.8 Å². The second-order valence-electron chi connectivity index (χ2n) is 5.76. The Morgan fingerprint density at radius 3 is 2.67 bits per heavy atom. The summed E-state index contributed by atoms with van der Waals surface area (Å²) in [6.07, 6.45) is 12.2. The minimum Gasteiger partial charge on any atom is -0.310 e. The SMILES string of the molecule is CCCC1CCC(NCc2cncc(C)c2)CC1. The highest BCUT2D eigenvalue weighted by Crippen LogP contribution is 2.27. The van der Waals surface area contributed by atoms with Gasteiger partial charge in [-0.25, -0.2) is 0 Å². The van der Waals surface area contributed by atoms with Crippen LogP contribution in [0.3, 0.4) is 0 Å². The predicted octanol–water partition coefficient (Wildman–Crippen LogP) is 3.84. The largest absolute Gasteiger partial charge is 0.310 e. The van der Waals surface area contributed by atoms with Crippen molar-refractivity contribution < 1.29 is 0 Å². The fourth-order valence-corrected chi connectivity index (χ4v) is 3.04. The van der Waals surface area contributed by atoms with Crippen molar-refractivity contribution in [2.24, 2.45) is 5.92 Å². The molecule has 0 aliphatic heterocycles. The van der Waals surface area contributed by atoms with Crippen LogP contribution in [0.15, 0.2) is 18.5 Å². The minimum absolute atomic E-state index is 0.721. The third-order valence-electron chi connectivity index (χ3n) is 4.07. The number of hydrogen-bond donors (Lipinski definition) is 1. The zero-order valence-corrected chi connectivity index (χ0v) is 11.8. The maximum Gasteiger partial charge on any atom is 0.0313 e. The van der Waals surface area contributed by atoms with Gasteiger partial charge in [-0.05, 0) is 49.7 Å². The summed E-state index contributed by atoms with van der Waals surface area (Å²) in [5, 5.41) is 3.69. The summed E-state index contributed by atoms with van der Waals surface area (Å²) in [5.41, 5.74) is 2.56. The fraction of sp³-hybridized carbons (Fsp3) is 0.688. The third kappa shape index (κ3) is 4.09. The molecule has 2 heteroatoms. The van der Waals surface area contributed by atoms with Crippen LogP contribution in [-0.2, 0) is 6.54 Å². The Balaban J connectivity index is 1.72. The van der Waals surface area contributed by atoms with Gasteiger partial charge in [0.05, 0.1) is 0 Å². The highest BCUT2D eigenvalue weighted by Gasteiger charge is 2.19. The fourth-order valence-electron chi connectivity index (χ4n) is 3.04. The predicted molar refractivity (Wildman–Crippen MR) is 76.5 cm³/mol. The molecule has 1 aromatic heterocycles. The van der Waals surface area contributed by atoms with E-state index in [4.69, 9.17) is 0 Å². The molecule has 1 fully saturated rings. The Morgan fingerprint density at radius 2 is 2.00 bits per heavy atom. The van der Waals surface area contributed by atoms with Gasteiger partial charge in [0.2, 0.25) is 0 Å². The second kappa shape index (κ2) is 6.89.